The Kier molecular flexibility index (Phi) is 5.89. The van der Waals surface area contributed by atoms with E-state index < -0.39 is 0 Å². The maximum absolute atomic E-state index is 13.4. The molecule has 0 radical (unpaired) electrons. The average molecular weight is 506 g/mol. The quantitative estimate of drug-likeness (QED) is 0.329. The molecule has 4 heterocycles. The third kappa shape index (κ3) is 4.28. The molecule has 1 unspecified atom stereocenters. The van der Waals surface area contributed by atoms with Crippen LogP contribution in [0.4, 0.5) is 5.82 Å². The van der Waals surface area contributed by atoms with Gasteiger partial charge in [-0.05, 0) is 49.6 Å². The van der Waals surface area contributed by atoms with E-state index in [-0.39, 0.29) is 23.7 Å². The number of amides is 2. The molecule has 6 rings (SSSR count). The Bertz CT molecular complexity index is 1680. The maximum Gasteiger partial charge on any atom is 0.294 e. The first kappa shape index (κ1) is 23.2. The number of aromatic nitrogens is 6. The molecule has 0 saturated carbocycles. The smallest absolute Gasteiger partial charge is 0.294 e. The molecule has 38 heavy (non-hydrogen) atoms. The maximum atomic E-state index is 13.4. The van der Waals surface area contributed by atoms with Crippen molar-refractivity contribution >= 4 is 28.5 Å². The lowest BCUT2D eigenvalue weighted by Crippen LogP contribution is -2.39. The molecule has 2 aromatic carbocycles. The van der Waals surface area contributed by atoms with Crippen LogP contribution in [0.5, 0.6) is 0 Å². The zero-order valence-electron chi connectivity index (χ0n) is 20.3. The number of fused-ring (bicyclic) bond motifs is 1. The molecule has 1 aliphatic heterocycles. The number of piperidine rings is 1. The van der Waals surface area contributed by atoms with E-state index in [2.05, 4.69) is 36.7 Å². The van der Waals surface area contributed by atoms with Crippen molar-refractivity contribution in [1.82, 2.24) is 34.8 Å². The molecule has 0 spiro atoms. The summed E-state index contributed by atoms with van der Waals surface area (Å²) in [6.07, 6.45) is 5.74. The van der Waals surface area contributed by atoms with Crippen molar-refractivity contribution in [2.24, 2.45) is 0 Å². The van der Waals surface area contributed by atoms with Crippen molar-refractivity contribution < 1.29 is 9.59 Å². The number of hydrogen-bond donors (Lipinski definition) is 3. The molecule has 1 saturated heterocycles. The van der Waals surface area contributed by atoms with Crippen molar-refractivity contribution in [3.8, 4) is 11.8 Å². The molecular formula is C27H23N9O2. The van der Waals surface area contributed by atoms with Gasteiger partial charge in [0.2, 0.25) is 5.82 Å². The normalized spacial score (nSPS) is 15.3. The number of benzene rings is 2. The van der Waals surface area contributed by atoms with Crippen molar-refractivity contribution in [2.45, 2.75) is 25.3 Å². The molecule has 3 aromatic heterocycles. The first-order valence-corrected chi connectivity index (χ1v) is 12.3. The van der Waals surface area contributed by atoms with Crippen molar-refractivity contribution in [3.63, 3.8) is 0 Å². The van der Waals surface area contributed by atoms with Gasteiger partial charge in [0.15, 0.2) is 5.82 Å². The number of hydrogen-bond acceptors (Lipinski definition) is 6. The van der Waals surface area contributed by atoms with Crippen LogP contribution in [0.15, 0.2) is 67.1 Å². The Labute approximate surface area is 217 Å². The molecule has 0 aliphatic carbocycles. The van der Waals surface area contributed by atoms with Gasteiger partial charge < -0.3 is 15.2 Å². The molecule has 2 amide bonds. The van der Waals surface area contributed by atoms with Crippen LogP contribution in [0.25, 0.3) is 16.6 Å². The Hall–Kier alpha value is -5.24. The highest BCUT2D eigenvalue weighted by molar-refractivity contribution is 6.06. The number of rotatable bonds is 5. The lowest BCUT2D eigenvalue weighted by Gasteiger charge is -2.34. The summed E-state index contributed by atoms with van der Waals surface area (Å²) >= 11 is 0. The lowest BCUT2D eigenvalue weighted by atomic mass is 9.99. The van der Waals surface area contributed by atoms with E-state index in [4.69, 9.17) is 0 Å². The number of nitrogens with one attached hydrogen (secondary N) is 3. The minimum atomic E-state index is -0.345. The summed E-state index contributed by atoms with van der Waals surface area (Å²) in [5, 5.41) is 24.4. The molecule has 188 valence electrons. The predicted octanol–water partition coefficient (Wildman–Crippen LogP) is 3.96. The van der Waals surface area contributed by atoms with E-state index in [1.165, 1.54) is 6.33 Å². The number of para-hydroxylation sites is 1. The zero-order valence-corrected chi connectivity index (χ0v) is 20.3. The fraction of sp³-hybridized carbons (Fsp3) is 0.185. The fourth-order valence-electron chi connectivity index (χ4n) is 4.81. The van der Waals surface area contributed by atoms with Crippen molar-refractivity contribution in [3.05, 3.63) is 89.8 Å². The van der Waals surface area contributed by atoms with Gasteiger partial charge in [0.1, 0.15) is 12.4 Å². The van der Waals surface area contributed by atoms with Gasteiger partial charge >= 0.3 is 0 Å². The molecule has 11 heteroatoms. The number of H-pyrrole nitrogens is 2. The van der Waals surface area contributed by atoms with E-state index in [1.807, 2.05) is 30.3 Å². The molecule has 3 N–H and O–H groups in total. The van der Waals surface area contributed by atoms with Crippen LogP contribution in [0.2, 0.25) is 0 Å². The first-order valence-electron chi connectivity index (χ1n) is 12.3. The molecule has 1 atom stereocenters. The summed E-state index contributed by atoms with van der Waals surface area (Å²) in [5.74, 6) is -0.116. The number of likely N-dealkylation sites (tertiary alicyclic amines) is 1. The monoisotopic (exact) mass is 505 g/mol. The Morgan fingerprint density at radius 3 is 2.82 bits per heavy atom. The number of carbonyl (C=O) groups is 2. The number of nitriles is 1. The van der Waals surface area contributed by atoms with E-state index in [0.717, 1.165) is 36.2 Å². The van der Waals surface area contributed by atoms with Gasteiger partial charge in [-0.15, -0.1) is 5.10 Å². The second-order valence-corrected chi connectivity index (χ2v) is 9.10. The van der Waals surface area contributed by atoms with Gasteiger partial charge in [-0.25, -0.2) is 9.67 Å². The van der Waals surface area contributed by atoms with Crippen LogP contribution in [0, 0.1) is 11.3 Å². The molecule has 1 aliphatic rings. The number of aromatic amines is 2. The third-order valence-corrected chi connectivity index (χ3v) is 6.73. The summed E-state index contributed by atoms with van der Waals surface area (Å²) in [5.41, 5.74) is 3.21. The third-order valence-electron chi connectivity index (χ3n) is 6.73. The highest BCUT2D eigenvalue weighted by atomic mass is 16.2. The number of anilines is 1. The Balaban J connectivity index is 1.19. The van der Waals surface area contributed by atoms with Crippen molar-refractivity contribution in [2.75, 3.05) is 11.9 Å². The number of carbonyl (C=O) groups excluding carboxylic acids is 2. The predicted molar refractivity (Wildman–Crippen MR) is 139 cm³/mol. The van der Waals surface area contributed by atoms with Crippen LogP contribution in [-0.2, 0) is 0 Å². The largest absolute Gasteiger partial charge is 0.360 e. The second-order valence-electron chi connectivity index (χ2n) is 9.10. The molecule has 11 nitrogen and oxygen atoms in total. The van der Waals surface area contributed by atoms with Crippen LogP contribution in [0.1, 0.15) is 57.5 Å². The van der Waals surface area contributed by atoms with Crippen LogP contribution in [0.3, 0.4) is 0 Å². The zero-order chi connectivity index (χ0) is 26.1. The van der Waals surface area contributed by atoms with E-state index in [1.54, 1.807) is 40.0 Å². The minimum absolute atomic E-state index is 0.130. The highest BCUT2D eigenvalue weighted by Crippen LogP contribution is 2.32. The van der Waals surface area contributed by atoms with Gasteiger partial charge in [0.25, 0.3) is 11.8 Å². The van der Waals surface area contributed by atoms with Crippen LogP contribution < -0.4 is 5.32 Å². The summed E-state index contributed by atoms with van der Waals surface area (Å²) in [6, 6.07) is 18.3. The van der Waals surface area contributed by atoms with Gasteiger partial charge in [-0.2, -0.15) is 10.4 Å². The SMILES string of the molecule is N#Cc1c[nH]c2ccc(C(=O)Nc3cc(C4CCCCN4C(=O)c4ncn(-c5ccccc5)n4)[nH]n3)cc12. The number of nitrogens with zero attached hydrogens (tertiary/aromatic N) is 6. The van der Waals surface area contributed by atoms with E-state index >= 15 is 0 Å². The van der Waals surface area contributed by atoms with Crippen molar-refractivity contribution in [1.29, 1.82) is 5.26 Å². The Morgan fingerprint density at radius 2 is 1.97 bits per heavy atom. The van der Waals surface area contributed by atoms with Crippen LogP contribution >= 0.6 is 0 Å². The van der Waals surface area contributed by atoms with Crippen LogP contribution in [-0.4, -0.2) is 53.2 Å². The topological polar surface area (TPSA) is 148 Å². The minimum Gasteiger partial charge on any atom is -0.360 e. The summed E-state index contributed by atoms with van der Waals surface area (Å²) in [6.45, 7) is 0.571. The standard InChI is InChI=1S/C27H23N9O2/c28-14-18-15-29-21-10-9-17(12-20(18)21)26(37)31-24-13-22(32-33-24)23-8-4-5-11-35(23)27(38)25-30-16-36(34-25)19-6-2-1-3-7-19/h1-3,6-7,9-10,12-13,15-16,23,29H,4-5,8,11H2,(H2,31,32,33,37). The van der Waals surface area contributed by atoms with Gasteiger partial charge in [0, 0.05) is 35.3 Å². The highest BCUT2D eigenvalue weighted by Gasteiger charge is 2.32. The summed E-state index contributed by atoms with van der Waals surface area (Å²) in [7, 11) is 0. The first-order chi connectivity index (χ1) is 18.6. The molecule has 0 bridgehead atoms. The molecule has 5 aromatic rings. The molecule has 1 fully saturated rings. The Morgan fingerprint density at radius 1 is 1.11 bits per heavy atom. The van der Waals surface area contributed by atoms with E-state index in [9.17, 15) is 14.9 Å². The van der Waals surface area contributed by atoms with Gasteiger partial charge in [0.05, 0.1) is 23.0 Å². The van der Waals surface area contributed by atoms with E-state index in [0.29, 0.717) is 28.9 Å². The fourth-order valence-corrected chi connectivity index (χ4v) is 4.81. The summed E-state index contributed by atoms with van der Waals surface area (Å²) in [4.78, 5) is 35.3. The van der Waals surface area contributed by atoms with Gasteiger partial charge in [-0.1, -0.05) is 18.2 Å². The lowest BCUT2D eigenvalue weighted by molar-refractivity contribution is 0.0593. The summed E-state index contributed by atoms with van der Waals surface area (Å²) < 4.78 is 1.58. The average Bonchev–Trinajstić information content (AvgIpc) is 3.73. The van der Waals surface area contributed by atoms with Gasteiger partial charge in [-0.3, -0.25) is 14.7 Å². The molecular weight excluding hydrogens is 482 g/mol. The second kappa shape index (κ2) is 9.67.